The predicted octanol–water partition coefficient (Wildman–Crippen LogP) is 2.17. The third-order valence-electron chi connectivity index (χ3n) is 3.78. The SMILES string of the molecule is Cc1ccccc1NC(=O)CN1C(=O)COc2ccc(C=O)cc21. The first kappa shape index (κ1) is 15.7. The first-order valence-corrected chi connectivity index (χ1v) is 7.46. The molecule has 0 fully saturated rings. The Morgan fingerprint density at radius 2 is 2.08 bits per heavy atom. The highest BCUT2D eigenvalue weighted by Gasteiger charge is 2.27. The molecule has 3 rings (SSSR count). The molecule has 1 aliphatic rings. The number of nitrogens with zero attached hydrogens (tertiary/aromatic N) is 1. The lowest BCUT2D eigenvalue weighted by Gasteiger charge is -2.29. The van der Waals surface area contributed by atoms with Gasteiger partial charge < -0.3 is 10.1 Å². The van der Waals surface area contributed by atoms with Crippen molar-refractivity contribution >= 4 is 29.5 Å². The van der Waals surface area contributed by atoms with Gasteiger partial charge in [-0.1, -0.05) is 18.2 Å². The van der Waals surface area contributed by atoms with Gasteiger partial charge in [0, 0.05) is 11.3 Å². The molecule has 0 spiro atoms. The van der Waals surface area contributed by atoms with Crippen LogP contribution in [0.15, 0.2) is 42.5 Å². The number of carbonyl (C=O) groups excluding carboxylic acids is 3. The van der Waals surface area contributed by atoms with Crippen LogP contribution >= 0.6 is 0 Å². The van der Waals surface area contributed by atoms with Gasteiger partial charge in [-0.3, -0.25) is 19.3 Å². The van der Waals surface area contributed by atoms with E-state index < -0.39 is 0 Å². The number of aryl methyl sites for hydroxylation is 1. The van der Waals surface area contributed by atoms with Gasteiger partial charge in [0.1, 0.15) is 18.6 Å². The number of amides is 2. The predicted molar refractivity (Wildman–Crippen MR) is 89.5 cm³/mol. The van der Waals surface area contributed by atoms with E-state index in [-0.39, 0.29) is 25.0 Å². The molecule has 0 aliphatic carbocycles. The van der Waals surface area contributed by atoms with E-state index in [9.17, 15) is 14.4 Å². The quantitative estimate of drug-likeness (QED) is 0.875. The Morgan fingerprint density at radius 3 is 2.83 bits per heavy atom. The van der Waals surface area contributed by atoms with Crippen LogP contribution in [0.3, 0.4) is 0 Å². The summed E-state index contributed by atoms with van der Waals surface area (Å²) in [5.41, 5.74) is 2.47. The van der Waals surface area contributed by atoms with Crippen molar-refractivity contribution in [1.29, 1.82) is 0 Å². The first-order chi connectivity index (χ1) is 11.6. The topological polar surface area (TPSA) is 75.7 Å². The summed E-state index contributed by atoms with van der Waals surface area (Å²) in [5.74, 6) is -0.170. The van der Waals surface area contributed by atoms with Gasteiger partial charge in [-0.15, -0.1) is 0 Å². The van der Waals surface area contributed by atoms with Crippen molar-refractivity contribution in [3.8, 4) is 5.75 Å². The third-order valence-corrected chi connectivity index (χ3v) is 3.78. The number of hydrogen-bond donors (Lipinski definition) is 1. The summed E-state index contributed by atoms with van der Waals surface area (Å²) in [6.45, 7) is 1.61. The van der Waals surface area contributed by atoms with Crippen LogP contribution in [0.2, 0.25) is 0 Å². The third kappa shape index (κ3) is 3.12. The lowest BCUT2D eigenvalue weighted by molar-refractivity contribution is -0.123. The second kappa shape index (κ2) is 6.54. The molecule has 0 saturated carbocycles. The molecule has 0 saturated heterocycles. The number of fused-ring (bicyclic) bond motifs is 1. The molecule has 0 aromatic heterocycles. The standard InChI is InChI=1S/C18H16N2O4/c1-12-4-2-3-5-14(12)19-17(22)9-20-15-8-13(10-21)6-7-16(15)24-11-18(20)23/h2-8,10H,9,11H2,1H3,(H,19,22). The van der Waals surface area contributed by atoms with Crippen LogP contribution in [0, 0.1) is 6.92 Å². The lowest BCUT2D eigenvalue weighted by Crippen LogP contribution is -2.43. The highest BCUT2D eigenvalue weighted by atomic mass is 16.5. The summed E-state index contributed by atoms with van der Waals surface area (Å²) in [4.78, 5) is 36.8. The Balaban J connectivity index is 1.82. The lowest BCUT2D eigenvalue weighted by atomic mass is 10.1. The van der Waals surface area contributed by atoms with Crippen molar-refractivity contribution in [2.45, 2.75) is 6.92 Å². The maximum absolute atomic E-state index is 12.3. The molecular formula is C18H16N2O4. The molecule has 6 heteroatoms. The number of nitrogens with one attached hydrogen (secondary N) is 1. The zero-order valence-corrected chi connectivity index (χ0v) is 13.1. The van der Waals surface area contributed by atoms with E-state index in [1.165, 1.54) is 4.90 Å². The fourth-order valence-corrected chi connectivity index (χ4v) is 2.51. The summed E-state index contributed by atoms with van der Waals surface area (Å²) in [7, 11) is 0. The Bertz CT molecular complexity index is 816. The van der Waals surface area contributed by atoms with Crippen molar-refractivity contribution in [2.24, 2.45) is 0 Å². The summed E-state index contributed by atoms with van der Waals surface area (Å²) < 4.78 is 5.35. The number of para-hydroxylation sites is 1. The molecule has 0 atom stereocenters. The monoisotopic (exact) mass is 324 g/mol. The van der Waals surface area contributed by atoms with Gasteiger partial charge >= 0.3 is 0 Å². The Labute approximate surface area is 139 Å². The smallest absolute Gasteiger partial charge is 0.265 e. The van der Waals surface area contributed by atoms with Gasteiger partial charge in [0.15, 0.2) is 6.61 Å². The average molecular weight is 324 g/mol. The van der Waals surface area contributed by atoms with Crippen LogP contribution in [0.4, 0.5) is 11.4 Å². The summed E-state index contributed by atoms with van der Waals surface area (Å²) >= 11 is 0. The van der Waals surface area contributed by atoms with Crippen LogP contribution in [0.25, 0.3) is 0 Å². The number of benzene rings is 2. The molecule has 2 aromatic carbocycles. The molecule has 0 unspecified atom stereocenters. The molecule has 0 radical (unpaired) electrons. The molecule has 0 bridgehead atoms. The maximum Gasteiger partial charge on any atom is 0.265 e. The summed E-state index contributed by atoms with van der Waals surface area (Å²) in [5, 5.41) is 2.79. The first-order valence-electron chi connectivity index (χ1n) is 7.46. The molecule has 6 nitrogen and oxygen atoms in total. The number of ether oxygens (including phenoxy) is 1. The zero-order valence-electron chi connectivity index (χ0n) is 13.1. The fourth-order valence-electron chi connectivity index (χ4n) is 2.51. The molecule has 2 amide bonds. The summed E-state index contributed by atoms with van der Waals surface area (Å²) in [6.07, 6.45) is 0.685. The minimum absolute atomic E-state index is 0.134. The Hall–Kier alpha value is -3.15. The highest BCUT2D eigenvalue weighted by molar-refractivity contribution is 6.05. The van der Waals surface area contributed by atoms with Crippen LogP contribution < -0.4 is 15.0 Å². The van der Waals surface area contributed by atoms with Gasteiger partial charge in [0.2, 0.25) is 5.91 Å². The Kier molecular flexibility index (Phi) is 4.29. The maximum atomic E-state index is 12.3. The number of hydrogen-bond acceptors (Lipinski definition) is 4. The van der Waals surface area contributed by atoms with Gasteiger partial charge in [0.05, 0.1) is 5.69 Å². The molecule has 122 valence electrons. The van der Waals surface area contributed by atoms with Crippen molar-refractivity contribution in [2.75, 3.05) is 23.4 Å². The molecule has 2 aromatic rings. The van der Waals surface area contributed by atoms with E-state index in [4.69, 9.17) is 4.74 Å². The van der Waals surface area contributed by atoms with E-state index in [0.717, 1.165) is 5.56 Å². The van der Waals surface area contributed by atoms with Crippen LogP contribution in [0.1, 0.15) is 15.9 Å². The van der Waals surface area contributed by atoms with Gasteiger partial charge in [0.25, 0.3) is 5.91 Å². The van der Waals surface area contributed by atoms with Gasteiger partial charge in [-0.05, 0) is 36.8 Å². The van der Waals surface area contributed by atoms with Crippen molar-refractivity contribution in [3.05, 3.63) is 53.6 Å². The van der Waals surface area contributed by atoms with E-state index in [0.29, 0.717) is 29.0 Å². The second-order valence-corrected chi connectivity index (χ2v) is 5.48. The zero-order chi connectivity index (χ0) is 17.1. The van der Waals surface area contributed by atoms with E-state index in [2.05, 4.69) is 5.32 Å². The minimum Gasteiger partial charge on any atom is -0.482 e. The number of aldehydes is 1. The number of rotatable bonds is 4. The Morgan fingerprint density at radius 1 is 1.29 bits per heavy atom. The largest absolute Gasteiger partial charge is 0.482 e. The normalized spacial score (nSPS) is 13.0. The fraction of sp³-hybridized carbons (Fsp3) is 0.167. The van der Waals surface area contributed by atoms with E-state index in [1.54, 1.807) is 24.3 Å². The van der Waals surface area contributed by atoms with Gasteiger partial charge in [-0.2, -0.15) is 0 Å². The molecule has 1 N–H and O–H groups in total. The number of anilines is 2. The molecular weight excluding hydrogens is 308 g/mol. The van der Waals surface area contributed by atoms with Crippen molar-refractivity contribution in [1.82, 2.24) is 0 Å². The van der Waals surface area contributed by atoms with Crippen LogP contribution in [-0.4, -0.2) is 31.3 Å². The van der Waals surface area contributed by atoms with E-state index in [1.807, 2.05) is 25.1 Å². The van der Waals surface area contributed by atoms with Crippen LogP contribution in [0.5, 0.6) is 5.75 Å². The van der Waals surface area contributed by atoms with E-state index >= 15 is 0 Å². The molecule has 24 heavy (non-hydrogen) atoms. The summed E-state index contributed by atoms with van der Waals surface area (Å²) in [6, 6.07) is 12.2. The van der Waals surface area contributed by atoms with Crippen molar-refractivity contribution < 1.29 is 19.1 Å². The molecule has 1 heterocycles. The highest BCUT2D eigenvalue weighted by Crippen LogP contribution is 2.32. The second-order valence-electron chi connectivity index (χ2n) is 5.48. The minimum atomic E-state index is -0.328. The average Bonchev–Trinajstić information content (AvgIpc) is 2.59. The number of carbonyl (C=O) groups is 3. The van der Waals surface area contributed by atoms with Crippen molar-refractivity contribution in [3.63, 3.8) is 0 Å². The molecule has 1 aliphatic heterocycles. The van der Waals surface area contributed by atoms with Gasteiger partial charge in [-0.25, -0.2) is 0 Å². The van der Waals surface area contributed by atoms with Crippen LogP contribution in [-0.2, 0) is 9.59 Å².